The Morgan fingerprint density at radius 3 is 2.10 bits per heavy atom. The molecule has 208 valence electrons. The monoisotopic (exact) mass is 589 g/mol. The first kappa shape index (κ1) is 30.5. The molecule has 0 bridgehead atoms. The topological polar surface area (TPSA) is 86.8 Å². The maximum atomic E-state index is 14.0. The summed E-state index contributed by atoms with van der Waals surface area (Å²) in [5.41, 5.74) is 3.61. The fourth-order valence-electron chi connectivity index (χ4n) is 4.36. The van der Waals surface area contributed by atoms with Crippen LogP contribution in [0.3, 0.4) is 0 Å². The number of aryl methyl sites for hydroxylation is 3. The highest BCUT2D eigenvalue weighted by Gasteiger charge is 2.34. The molecule has 1 unspecified atom stereocenters. The third-order valence-electron chi connectivity index (χ3n) is 6.48. The number of carbonyl (C=O) groups is 2. The van der Waals surface area contributed by atoms with Crippen molar-refractivity contribution in [3.05, 3.63) is 93.0 Å². The molecule has 0 aliphatic heterocycles. The number of amides is 2. The minimum absolute atomic E-state index is 0.0347. The summed E-state index contributed by atoms with van der Waals surface area (Å²) in [6.45, 7) is 6.90. The van der Waals surface area contributed by atoms with Gasteiger partial charge in [0, 0.05) is 13.6 Å². The molecule has 0 aliphatic rings. The van der Waals surface area contributed by atoms with Crippen LogP contribution in [0.1, 0.15) is 35.6 Å². The number of benzene rings is 3. The SMILES string of the molecule is CCC(C(=O)NC)N(Cc1ccc(Cl)c(Cl)c1)C(=O)CN(c1ccc(C)cc1C)S(=O)(=O)c1ccc(C)cc1. The van der Waals surface area contributed by atoms with Crippen LogP contribution in [0.5, 0.6) is 0 Å². The molecular weight excluding hydrogens is 557 g/mol. The van der Waals surface area contributed by atoms with E-state index in [4.69, 9.17) is 23.2 Å². The Hall–Kier alpha value is -3.07. The lowest BCUT2D eigenvalue weighted by atomic mass is 10.1. The molecule has 7 nitrogen and oxygen atoms in total. The fraction of sp³-hybridized carbons (Fsp3) is 0.310. The van der Waals surface area contributed by atoms with Crippen molar-refractivity contribution in [2.24, 2.45) is 0 Å². The Bertz CT molecular complexity index is 1460. The van der Waals surface area contributed by atoms with Crippen molar-refractivity contribution in [3.63, 3.8) is 0 Å². The van der Waals surface area contributed by atoms with Crippen molar-refractivity contribution in [1.29, 1.82) is 0 Å². The molecule has 39 heavy (non-hydrogen) atoms. The third-order valence-corrected chi connectivity index (χ3v) is 8.99. The number of hydrogen-bond donors (Lipinski definition) is 1. The molecule has 0 radical (unpaired) electrons. The van der Waals surface area contributed by atoms with Crippen LogP contribution in [0.15, 0.2) is 65.6 Å². The van der Waals surface area contributed by atoms with Crippen molar-refractivity contribution in [3.8, 4) is 0 Å². The smallest absolute Gasteiger partial charge is 0.264 e. The van der Waals surface area contributed by atoms with E-state index in [1.165, 1.54) is 24.1 Å². The van der Waals surface area contributed by atoms with E-state index < -0.39 is 28.5 Å². The van der Waals surface area contributed by atoms with Gasteiger partial charge in [-0.25, -0.2) is 8.42 Å². The minimum Gasteiger partial charge on any atom is -0.357 e. The number of nitrogens with zero attached hydrogens (tertiary/aromatic N) is 2. The van der Waals surface area contributed by atoms with Crippen LogP contribution >= 0.6 is 23.2 Å². The van der Waals surface area contributed by atoms with Crippen LogP contribution in [0.25, 0.3) is 0 Å². The molecular formula is C29H33Cl2N3O4S. The molecule has 3 rings (SSSR count). The molecule has 0 aliphatic carbocycles. The van der Waals surface area contributed by atoms with Crippen molar-refractivity contribution >= 4 is 50.7 Å². The zero-order valence-electron chi connectivity index (χ0n) is 22.7. The quantitative estimate of drug-likeness (QED) is 0.330. The van der Waals surface area contributed by atoms with E-state index >= 15 is 0 Å². The van der Waals surface area contributed by atoms with Gasteiger partial charge in [-0.15, -0.1) is 0 Å². The van der Waals surface area contributed by atoms with E-state index in [1.807, 2.05) is 19.9 Å². The molecule has 0 saturated carbocycles. The van der Waals surface area contributed by atoms with Gasteiger partial charge < -0.3 is 10.2 Å². The molecule has 3 aromatic rings. The van der Waals surface area contributed by atoms with Crippen LogP contribution in [-0.4, -0.2) is 44.8 Å². The average molecular weight is 591 g/mol. The maximum Gasteiger partial charge on any atom is 0.264 e. The van der Waals surface area contributed by atoms with Gasteiger partial charge in [-0.3, -0.25) is 13.9 Å². The van der Waals surface area contributed by atoms with Gasteiger partial charge in [-0.2, -0.15) is 0 Å². The molecule has 1 N–H and O–H groups in total. The normalized spacial score (nSPS) is 12.1. The fourth-order valence-corrected chi connectivity index (χ4v) is 6.16. The van der Waals surface area contributed by atoms with Crippen LogP contribution in [0.4, 0.5) is 5.69 Å². The van der Waals surface area contributed by atoms with Crippen LogP contribution in [0.2, 0.25) is 10.0 Å². The molecule has 0 fully saturated rings. The standard InChI is InChI=1S/C29H33Cl2N3O4S/c1-6-26(29(36)32-5)33(17-22-10-13-24(30)25(31)16-22)28(35)18-34(27-14-9-20(3)15-21(27)4)39(37,38)23-11-7-19(2)8-12-23/h7-16,26H,6,17-18H2,1-5H3,(H,32,36). The maximum absolute atomic E-state index is 14.0. The number of carbonyl (C=O) groups excluding carboxylic acids is 2. The van der Waals surface area contributed by atoms with Crippen molar-refractivity contribution in [1.82, 2.24) is 10.2 Å². The second kappa shape index (κ2) is 12.9. The summed E-state index contributed by atoms with van der Waals surface area (Å²) >= 11 is 12.3. The highest BCUT2D eigenvalue weighted by Crippen LogP contribution is 2.29. The Labute approximate surface area is 240 Å². The Morgan fingerprint density at radius 1 is 0.897 bits per heavy atom. The van der Waals surface area contributed by atoms with Gasteiger partial charge in [0.25, 0.3) is 10.0 Å². The summed E-state index contributed by atoms with van der Waals surface area (Å²) in [5.74, 6) is -0.891. The van der Waals surface area contributed by atoms with Crippen LogP contribution in [-0.2, 0) is 26.2 Å². The second-order valence-corrected chi connectivity index (χ2v) is 12.1. The molecule has 10 heteroatoms. The van der Waals surface area contributed by atoms with Crippen molar-refractivity contribution in [2.75, 3.05) is 17.9 Å². The number of nitrogens with one attached hydrogen (secondary N) is 1. The number of anilines is 1. The number of likely N-dealkylation sites (N-methyl/N-ethyl adjacent to an activating group) is 1. The minimum atomic E-state index is -4.13. The number of hydrogen-bond acceptors (Lipinski definition) is 4. The summed E-state index contributed by atoms with van der Waals surface area (Å²) in [4.78, 5) is 28.3. The summed E-state index contributed by atoms with van der Waals surface area (Å²) in [6, 6.07) is 16.0. The van der Waals surface area contributed by atoms with Gasteiger partial charge in [0.2, 0.25) is 11.8 Å². The highest BCUT2D eigenvalue weighted by molar-refractivity contribution is 7.92. The lowest BCUT2D eigenvalue weighted by molar-refractivity contribution is -0.140. The average Bonchev–Trinajstić information content (AvgIpc) is 2.89. The van der Waals surface area contributed by atoms with E-state index in [2.05, 4.69) is 5.32 Å². The van der Waals surface area contributed by atoms with Gasteiger partial charge >= 0.3 is 0 Å². The lowest BCUT2D eigenvalue weighted by Gasteiger charge is -2.33. The van der Waals surface area contributed by atoms with E-state index in [0.29, 0.717) is 33.3 Å². The van der Waals surface area contributed by atoms with E-state index in [-0.39, 0.29) is 17.3 Å². The van der Waals surface area contributed by atoms with Gasteiger partial charge in [0.1, 0.15) is 12.6 Å². The Morgan fingerprint density at radius 2 is 1.54 bits per heavy atom. The van der Waals surface area contributed by atoms with Gasteiger partial charge in [-0.05, 0) is 68.7 Å². The van der Waals surface area contributed by atoms with Gasteiger partial charge in [0.15, 0.2) is 0 Å². The van der Waals surface area contributed by atoms with Gasteiger partial charge in [0.05, 0.1) is 20.6 Å². The van der Waals surface area contributed by atoms with Crippen molar-refractivity contribution in [2.45, 2.75) is 51.6 Å². The first-order chi connectivity index (χ1) is 18.4. The third kappa shape index (κ3) is 7.12. The molecule has 1 atom stereocenters. The number of halogens is 2. The van der Waals surface area contributed by atoms with Crippen LogP contribution in [0, 0.1) is 20.8 Å². The molecule has 3 aromatic carbocycles. The predicted molar refractivity (Wildman–Crippen MR) is 157 cm³/mol. The predicted octanol–water partition coefficient (Wildman–Crippen LogP) is 5.67. The number of sulfonamides is 1. The lowest BCUT2D eigenvalue weighted by Crippen LogP contribution is -2.51. The van der Waals surface area contributed by atoms with E-state index in [9.17, 15) is 18.0 Å². The molecule has 0 heterocycles. The summed E-state index contributed by atoms with van der Waals surface area (Å²) in [6.07, 6.45) is 0.320. The van der Waals surface area contributed by atoms with E-state index in [1.54, 1.807) is 56.3 Å². The zero-order valence-corrected chi connectivity index (χ0v) is 25.0. The first-order valence-corrected chi connectivity index (χ1v) is 14.7. The first-order valence-electron chi connectivity index (χ1n) is 12.5. The largest absolute Gasteiger partial charge is 0.357 e. The summed E-state index contributed by atoms with van der Waals surface area (Å²) in [5, 5.41) is 3.28. The Balaban J connectivity index is 2.10. The summed E-state index contributed by atoms with van der Waals surface area (Å²) in [7, 11) is -2.63. The molecule has 0 saturated heterocycles. The second-order valence-electron chi connectivity index (χ2n) is 9.42. The molecule has 2 amide bonds. The molecule has 0 spiro atoms. The molecule has 0 aromatic heterocycles. The van der Waals surface area contributed by atoms with Crippen molar-refractivity contribution < 1.29 is 18.0 Å². The summed E-state index contributed by atoms with van der Waals surface area (Å²) < 4.78 is 29.0. The number of rotatable bonds is 10. The van der Waals surface area contributed by atoms with E-state index in [0.717, 1.165) is 15.4 Å². The Kier molecular flexibility index (Phi) is 10.0. The van der Waals surface area contributed by atoms with Gasteiger partial charge in [-0.1, -0.05) is 71.6 Å². The zero-order chi connectivity index (χ0) is 28.9. The highest BCUT2D eigenvalue weighted by atomic mass is 35.5. The van der Waals surface area contributed by atoms with Crippen LogP contribution < -0.4 is 9.62 Å².